The molecule has 1 saturated heterocycles. The number of likely N-dealkylation sites (tertiary alicyclic amines) is 1. The fraction of sp³-hybridized carbons (Fsp3) is 0.333. The summed E-state index contributed by atoms with van der Waals surface area (Å²) in [5, 5.41) is 3.00. The number of amides is 2. The summed E-state index contributed by atoms with van der Waals surface area (Å²) >= 11 is 0. The van der Waals surface area contributed by atoms with Gasteiger partial charge in [0.25, 0.3) is 5.91 Å². The molecule has 0 spiro atoms. The molecule has 6 nitrogen and oxygen atoms in total. The number of nitrogens with zero attached hydrogens (tertiary/aromatic N) is 1. The first-order valence-electron chi connectivity index (χ1n) is 9.17. The lowest BCUT2D eigenvalue weighted by atomic mass is 10.1. The van der Waals surface area contributed by atoms with Crippen LogP contribution in [0.4, 0.5) is 0 Å². The van der Waals surface area contributed by atoms with Gasteiger partial charge >= 0.3 is 0 Å². The van der Waals surface area contributed by atoms with Gasteiger partial charge in [-0.2, -0.15) is 0 Å². The second kappa shape index (κ2) is 7.31. The number of rotatable bonds is 5. The van der Waals surface area contributed by atoms with Crippen LogP contribution in [0.25, 0.3) is 0 Å². The summed E-state index contributed by atoms with van der Waals surface area (Å²) in [6.07, 6.45) is 1.56. The molecule has 0 saturated carbocycles. The smallest absolute Gasteiger partial charge is 0.251 e. The summed E-state index contributed by atoms with van der Waals surface area (Å²) in [5.74, 6) is 1.50. The number of ether oxygens (including phenoxy) is 2. The van der Waals surface area contributed by atoms with Crippen LogP contribution < -0.4 is 14.8 Å². The standard InChI is InChI=1S/C21H22N2O4/c1-14(17-8-9-18-19(11-17)27-13-26-18)22-21(25)16-6-4-15(5-7-16)12-23-10-2-3-20(23)24/h4-9,11,14H,2-3,10,12-13H2,1H3,(H,22,25). The van der Waals surface area contributed by atoms with Crippen LogP contribution in [0.3, 0.4) is 0 Å². The highest BCUT2D eigenvalue weighted by atomic mass is 16.7. The molecule has 1 fully saturated rings. The van der Waals surface area contributed by atoms with Gasteiger partial charge in [0.05, 0.1) is 6.04 Å². The molecule has 0 radical (unpaired) electrons. The van der Waals surface area contributed by atoms with Gasteiger partial charge in [-0.15, -0.1) is 0 Å². The van der Waals surface area contributed by atoms with E-state index in [4.69, 9.17) is 9.47 Å². The van der Waals surface area contributed by atoms with Crippen LogP contribution in [0, 0.1) is 0 Å². The molecule has 2 amide bonds. The van der Waals surface area contributed by atoms with Crippen molar-refractivity contribution in [2.45, 2.75) is 32.4 Å². The predicted octanol–water partition coefficient (Wildman–Crippen LogP) is 3.03. The van der Waals surface area contributed by atoms with Crippen molar-refractivity contribution >= 4 is 11.8 Å². The number of carbonyl (C=O) groups excluding carboxylic acids is 2. The summed E-state index contributed by atoms with van der Waals surface area (Å²) in [5.41, 5.74) is 2.58. The molecule has 0 bridgehead atoms. The van der Waals surface area contributed by atoms with E-state index in [-0.39, 0.29) is 24.6 Å². The average molecular weight is 366 g/mol. The molecule has 1 atom stereocenters. The van der Waals surface area contributed by atoms with Crippen molar-refractivity contribution in [1.29, 1.82) is 0 Å². The minimum absolute atomic E-state index is 0.135. The van der Waals surface area contributed by atoms with Crippen LogP contribution in [0.5, 0.6) is 11.5 Å². The third-order valence-corrected chi connectivity index (χ3v) is 5.01. The molecule has 4 rings (SSSR count). The van der Waals surface area contributed by atoms with Gasteiger partial charge < -0.3 is 19.7 Å². The number of hydrogen-bond donors (Lipinski definition) is 1. The van der Waals surface area contributed by atoms with Crippen molar-refractivity contribution in [2.24, 2.45) is 0 Å². The maximum atomic E-state index is 12.5. The Morgan fingerprint density at radius 1 is 1.15 bits per heavy atom. The lowest BCUT2D eigenvalue weighted by Crippen LogP contribution is -2.27. The van der Waals surface area contributed by atoms with Crippen molar-refractivity contribution in [3.8, 4) is 11.5 Å². The van der Waals surface area contributed by atoms with Crippen molar-refractivity contribution in [2.75, 3.05) is 13.3 Å². The van der Waals surface area contributed by atoms with E-state index in [0.717, 1.165) is 29.8 Å². The van der Waals surface area contributed by atoms with E-state index in [1.807, 2.05) is 42.2 Å². The van der Waals surface area contributed by atoms with Gasteiger partial charge in [0, 0.05) is 25.1 Å². The van der Waals surface area contributed by atoms with Crippen molar-refractivity contribution < 1.29 is 19.1 Å². The second-order valence-corrected chi connectivity index (χ2v) is 6.92. The Labute approximate surface area is 158 Å². The molecule has 2 aromatic rings. The number of nitrogens with one attached hydrogen (secondary N) is 1. The fourth-order valence-electron chi connectivity index (χ4n) is 3.40. The Hall–Kier alpha value is -3.02. The van der Waals surface area contributed by atoms with Crippen LogP contribution in [0.1, 0.15) is 47.3 Å². The Morgan fingerprint density at radius 2 is 1.93 bits per heavy atom. The molecular formula is C21H22N2O4. The molecule has 2 aromatic carbocycles. The molecule has 140 valence electrons. The SMILES string of the molecule is CC(NC(=O)c1ccc(CN2CCCC2=O)cc1)c1ccc2c(c1)OCO2. The zero-order valence-electron chi connectivity index (χ0n) is 15.2. The van der Waals surface area contributed by atoms with Crippen LogP contribution >= 0.6 is 0 Å². The monoisotopic (exact) mass is 366 g/mol. The van der Waals surface area contributed by atoms with E-state index in [1.165, 1.54) is 0 Å². The third-order valence-electron chi connectivity index (χ3n) is 5.01. The molecule has 6 heteroatoms. The predicted molar refractivity (Wildman–Crippen MR) is 99.5 cm³/mol. The van der Waals surface area contributed by atoms with Gasteiger partial charge in [0.1, 0.15) is 0 Å². The molecule has 1 N–H and O–H groups in total. The van der Waals surface area contributed by atoms with E-state index < -0.39 is 0 Å². The summed E-state index contributed by atoms with van der Waals surface area (Å²) in [4.78, 5) is 26.1. The summed E-state index contributed by atoms with van der Waals surface area (Å²) in [6.45, 7) is 3.58. The van der Waals surface area contributed by atoms with Crippen molar-refractivity contribution in [3.05, 3.63) is 59.2 Å². The van der Waals surface area contributed by atoms with E-state index >= 15 is 0 Å². The minimum atomic E-state index is -0.158. The zero-order valence-corrected chi connectivity index (χ0v) is 15.2. The third kappa shape index (κ3) is 3.74. The maximum absolute atomic E-state index is 12.5. The molecule has 0 aromatic heterocycles. The van der Waals surface area contributed by atoms with Gasteiger partial charge in [-0.25, -0.2) is 0 Å². The lowest BCUT2D eigenvalue weighted by Gasteiger charge is -2.17. The summed E-state index contributed by atoms with van der Waals surface area (Å²) in [7, 11) is 0. The van der Waals surface area contributed by atoms with E-state index in [2.05, 4.69) is 5.32 Å². The largest absolute Gasteiger partial charge is 0.454 e. The number of carbonyl (C=O) groups is 2. The molecular weight excluding hydrogens is 344 g/mol. The molecule has 2 heterocycles. The summed E-state index contributed by atoms with van der Waals surface area (Å²) in [6, 6.07) is 12.9. The van der Waals surface area contributed by atoms with Crippen LogP contribution in [0.15, 0.2) is 42.5 Å². The molecule has 27 heavy (non-hydrogen) atoms. The average Bonchev–Trinajstić information content (AvgIpc) is 3.30. The molecule has 0 aliphatic carbocycles. The second-order valence-electron chi connectivity index (χ2n) is 6.92. The number of benzene rings is 2. The van der Waals surface area contributed by atoms with Crippen molar-refractivity contribution in [1.82, 2.24) is 10.2 Å². The molecule has 1 unspecified atom stereocenters. The Bertz CT molecular complexity index is 863. The van der Waals surface area contributed by atoms with E-state index in [1.54, 1.807) is 12.1 Å². The first-order valence-corrected chi connectivity index (χ1v) is 9.17. The lowest BCUT2D eigenvalue weighted by molar-refractivity contribution is -0.128. The number of hydrogen-bond acceptors (Lipinski definition) is 4. The quantitative estimate of drug-likeness (QED) is 0.883. The zero-order chi connectivity index (χ0) is 18.8. The van der Waals surface area contributed by atoms with Gasteiger partial charge in [-0.05, 0) is 48.7 Å². The minimum Gasteiger partial charge on any atom is -0.454 e. The van der Waals surface area contributed by atoms with E-state index in [0.29, 0.717) is 24.3 Å². The first-order chi connectivity index (χ1) is 13.1. The van der Waals surface area contributed by atoms with Crippen molar-refractivity contribution in [3.63, 3.8) is 0 Å². The highest BCUT2D eigenvalue weighted by Gasteiger charge is 2.20. The van der Waals surface area contributed by atoms with Crippen LogP contribution in [-0.2, 0) is 11.3 Å². The Kier molecular flexibility index (Phi) is 4.71. The fourth-order valence-corrected chi connectivity index (χ4v) is 3.40. The van der Waals surface area contributed by atoms with Gasteiger partial charge in [-0.3, -0.25) is 9.59 Å². The topological polar surface area (TPSA) is 67.9 Å². The highest BCUT2D eigenvalue weighted by Crippen LogP contribution is 2.34. The van der Waals surface area contributed by atoms with E-state index in [9.17, 15) is 9.59 Å². The van der Waals surface area contributed by atoms with Crippen LogP contribution in [-0.4, -0.2) is 30.1 Å². The maximum Gasteiger partial charge on any atom is 0.251 e. The van der Waals surface area contributed by atoms with Gasteiger partial charge in [0.2, 0.25) is 12.7 Å². The van der Waals surface area contributed by atoms with Gasteiger partial charge in [-0.1, -0.05) is 18.2 Å². The number of fused-ring (bicyclic) bond motifs is 1. The highest BCUT2D eigenvalue weighted by molar-refractivity contribution is 5.94. The van der Waals surface area contributed by atoms with Gasteiger partial charge in [0.15, 0.2) is 11.5 Å². The van der Waals surface area contributed by atoms with Crippen LogP contribution in [0.2, 0.25) is 0 Å². The Balaban J connectivity index is 1.38. The summed E-state index contributed by atoms with van der Waals surface area (Å²) < 4.78 is 10.7. The molecule has 2 aliphatic heterocycles. The Morgan fingerprint density at radius 3 is 2.67 bits per heavy atom. The molecule has 2 aliphatic rings. The first kappa shape index (κ1) is 17.4. The normalized spacial score (nSPS) is 16.5.